The Morgan fingerprint density at radius 1 is 1.14 bits per heavy atom. The summed E-state index contributed by atoms with van der Waals surface area (Å²) in [7, 11) is 0. The molecule has 0 bridgehead atoms. The highest BCUT2D eigenvalue weighted by atomic mass is 16.3. The van der Waals surface area contributed by atoms with Gasteiger partial charge in [0, 0.05) is 22.3 Å². The molecule has 0 saturated heterocycles. The molecule has 0 fully saturated rings. The number of hydrogen-bond acceptors (Lipinski definition) is 4. The fourth-order valence-corrected chi connectivity index (χ4v) is 2.89. The van der Waals surface area contributed by atoms with E-state index in [0.717, 1.165) is 6.42 Å². The lowest BCUT2D eigenvalue weighted by atomic mass is 9.75. The van der Waals surface area contributed by atoms with Gasteiger partial charge in [-0.2, -0.15) is 0 Å². The number of aliphatic hydroxyl groups is 1. The summed E-state index contributed by atoms with van der Waals surface area (Å²) in [6.45, 7) is 8.20. The SMILES string of the molecule is CCCC(CC(C)(O)C(N)=O)C1=C(C)C(=O)C(C)=C(C)C1=O. The Balaban J connectivity index is 3.29. The van der Waals surface area contributed by atoms with Gasteiger partial charge in [0.2, 0.25) is 5.91 Å². The summed E-state index contributed by atoms with van der Waals surface area (Å²) in [6, 6.07) is 0. The molecule has 3 N–H and O–H groups in total. The predicted octanol–water partition coefficient (Wildman–Crippen LogP) is 1.83. The number of ketones is 2. The smallest absolute Gasteiger partial charge is 0.249 e. The average molecular weight is 307 g/mol. The van der Waals surface area contributed by atoms with Crippen molar-refractivity contribution in [1.82, 2.24) is 0 Å². The Kier molecular flexibility index (Phi) is 5.46. The van der Waals surface area contributed by atoms with Crippen LogP contribution in [0.4, 0.5) is 0 Å². The molecule has 1 aliphatic rings. The number of carbonyl (C=O) groups is 3. The molecule has 0 heterocycles. The van der Waals surface area contributed by atoms with Crippen LogP contribution in [-0.4, -0.2) is 28.2 Å². The molecule has 1 amide bonds. The molecular formula is C17H25NO4. The minimum atomic E-state index is -1.71. The first kappa shape index (κ1) is 18.3. The van der Waals surface area contributed by atoms with E-state index in [2.05, 4.69) is 0 Å². The molecule has 22 heavy (non-hydrogen) atoms. The Labute approximate surface area is 131 Å². The van der Waals surface area contributed by atoms with E-state index in [-0.39, 0.29) is 23.9 Å². The van der Waals surface area contributed by atoms with Crippen molar-refractivity contribution in [3.63, 3.8) is 0 Å². The van der Waals surface area contributed by atoms with Crippen LogP contribution in [0.25, 0.3) is 0 Å². The molecule has 0 saturated carbocycles. The van der Waals surface area contributed by atoms with E-state index in [1.54, 1.807) is 20.8 Å². The normalized spacial score (nSPS) is 20.3. The number of nitrogens with two attached hydrogens (primary N) is 1. The van der Waals surface area contributed by atoms with Crippen LogP contribution in [0.15, 0.2) is 22.3 Å². The highest BCUT2D eigenvalue weighted by Crippen LogP contribution is 2.35. The third-order valence-corrected chi connectivity index (χ3v) is 4.45. The van der Waals surface area contributed by atoms with Gasteiger partial charge in [-0.15, -0.1) is 0 Å². The quantitative estimate of drug-likeness (QED) is 0.731. The van der Waals surface area contributed by atoms with Crippen molar-refractivity contribution in [2.24, 2.45) is 11.7 Å². The van der Waals surface area contributed by atoms with E-state index < -0.39 is 11.5 Å². The molecular weight excluding hydrogens is 282 g/mol. The average Bonchev–Trinajstić information content (AvgIpc) is 2.43. The molecule has 1 rings (SSSR count). The zero-order valence-corrected chi connectivity index (χ0v) is 13.9. The standard InChI is InChI=1S/C17H25NO4/c1-6-7-12(8-17(5,22)16(18)21)13-11(4)14(19)9(2)10(3)15(13)20/h12,22H,6-8H2,1-5H3,(H2,18,21). The Hall–Kier alpha value is -1.75. The fourth-order valence-electron chi connectivity index (χ4n) is 2.89. The van der Waals surface area contributed by atoms with Gasteiger partial charge in [0.1, 0.15) is 5.60 Å². The topological polar surface area (TPSA) is 97.5 Å². The second-order valence-electron chi connectivity index (χ2n) is 6.27. The number of carbonyl (C=O) groups excluding carboxylic acids is 3. The molecule has 0 aliphatic heterocycles. The lowest BCUT2D eigenvalue weighted by Gasteiger charge is -2.30. The van der Waals surface area contributed by atoms with Crippen LogP contribution >= 0.6 is 0 Å². The molecule has 0 radical (unpaired) electrons. The largest absolute Gasteiger partial charge is 0.380 e. The number of amides is 1. The predicted molar refractivity (Wildman–Crippen MR) is 83.9 cm³/mol. The van der Waals surface area contributed by atoms with Crippen LogP contribution in [-0.2, 0) is 14.4 Å². The molecule has 0 aromatic rings. The summed E-state index contributed by atoms with van der Waals surface area (Å²) in [5.74, 6) is -1.52. The van der Waals surface area contributed by atoms with Gasteiger partial charge in [-0.3, -0.25) is 14.4 Å². The highest BCUT2D eigenvalue weighted by molar-refractivity contribution is 6.24. The third-order valence-electron chi connectivity index (χ3n) is 4.45. The first-order valence-electron chi connectivity index (χ1n) is 7.54. The van der Waals surface area contributed by atoms with E-state index in [1.165, 1.54) is 6.92 Å². The Bertz CT molecular complexity index is 581. The Morgan fingerprint density at radius 3 is 2.09 bits per heavy atom. The van der Waals surface area contributed by atoms with E-state index in [9.17, 15) is 19.5 Å². The first-order chi connectivity index (χ1) is 10.0. The molecule has 0 aromatic carbocycles. The number of rotatable bonds is 6. The van der Waals surface area contributed by atoms with Gasteiger partial charge >= 0.3 is 0 Å². The second-order valence-corrected chi connectivity index (χ2v) is 6.27. The van der Waals surface area contributed by atoms with Crippen LogP contribution < -0.4 is 5.73 Å². The number of allylic oxidation sites excluding steroid dienone is 4. The van der Waals surface area contributed by atoms with Gasteiger partial charge in [-0.1, -0.05) is 13.3 Å². The van der Waals surface area contributed by atoms with E-state index in [1.807, 2.05) is 6.92 Å². The third kappa shape index (κ3) is 3.35. The number of Topliss-reactive ketones (excluding diaryl/α,β-unsaturated/α-hetero) is 2. The molecule has 1 aliphatic carbocycles. The van der Waals surface area contributed by atoms with Gasteiger partial charge in [0.25, 0.3) is 0 Å². The lowest BCUT2D eigenvalue weighted by molar-refractivity contribution is -0.136. The molecule has 0 aromatic heterocycles. The van der Waals surface area contributed by atoms with Crippen molar-refractivity contribution < 1.29 is 19.5 Å². The van der Waals surface area contributed by atoms with E-state index in [4.69, 9.17) is 5.73 Å². The van der Waals surface area contributed by atoms with Crippen LogP contribution in [0.1, 0.15) is 53.9 Å². The zero-order chi connectivity index (χ0) is 17.2. The molecule has 0 spiro atoms. The minimum Gasteiger partial charge on any atom is -0.380 e. The summed E-state index contributed by atoms with van der Waals surface area (Å²) in [5.41, 5.74) is 5.24. The van der Waals surface area contributed by atoms with Crippen LogP contribution in [0.3, 0.4) is 0 Å². The van der Waals surface area contributed by atoms with Gasteiger partial charge in [0.15, 0.2) is 11.6 Å². The molecule has 2 unspecified atom stereocenters. The summed E-state index contributed by atoms with van der Waals surface area (Å²) in [6.07, 6.45) is 1.40. The zero-order valence-electron chi connectivity index (χ0n) is 13.9. The molecule has 5 heteroatoms. The van der Waals surface area contributed by atoms with Crippen LogP contribution in [0.2, 0.25) is 0 Å². The minimum absolute atomic E-state index is 0.0359. The number of hydrogen-bond donors (Lipinski definition) is 2. The summed E-state index contributed by atoms with van der Waals surface area (Å²) >= 11 is 0. The molecule has 5 nitrogen and oxygen atoms in total. The molecule has 2 atom stereocenters. The maximum Gasteiger partial charge on any atom is 0.249 e. The van der Waals surface area contributed by atoms with Gasteiger partial charge in [-0.25, -0.2) is 0 Å². The monoisotopic (exact) mass is 307 g/mol. The summed E-state index contributed by atoms with van der Waals surface area (Å²) in [4.78, 5) is 36.3. The van der Waals surface area contributed by atoms with Gasteiger partial charge in [-0.05, 0) is 46.5 Å². The maximum atomic E-state index is 12.6. The van der Waals surface area contributed by atoms with Crippen molar-refractivity contribution in [2.75, 3.05) is 0 Å². The van der Waals surface area contributed by atoms with Crippen molar-refractivity contribution >= 4 is 17.5 Å². The van der Waals surface area contributed by atoms with E-state index >= 15 is 0 Å². The fraction of sp³-hybridized carbons (Fsp3) is 0.588. The van der Waals surface area contributed by atoms with Gasteiger partial charge in [0.05, 0.1) is 0 Å². The van der Waals surface area contributed by atoms with Crippen molar-refractivity contribution in [3.05, 3.63) is 22.3 Å². The van der Waals surface area contributed by atoms with E-state index in [0.29, 0.717) is 28.7 Å². The van der Waals surface area contributed by atoms with Gasteiger partial charge < -0.3 is 10.8 Å². The highest BCUT2D eigenvalue weighted by Gasteiger charge is 2.37. The van der Waals surface area contributed by atoms with Crippen LogP contribution in [0.5, 0.6) is 0 Å². The number of primary amides is 1. The Morgan fingerprint density at radius 2 is 1.64 bits per heavy atom. The summed E-state index contributed by atoms with van der Waals surface area (Å²) in [5, 5.41) is 10.2. The lowest BCUT2D eigenvalue weighted by Crippen LogP contribution is -2.43. The maximum absolute atomic E-state index is 12.6. The van der Waals surface area contributed by atoms with Crippen molar-refractivity contribution in [3.8, 4) is 0 Å². The summed E-state index contributed by atoms with van der Waals surface area (Å²) < 4.78 is 0. The molecule has 122 valence electrons. The second kappa shape index (κ2) is 6.57. The first-order valence-corrected chi connectivity index (χ1v) is 7.54. The van der Waals surface area contributed by atoms with Crippen molar-refractivity contribution in [2.45, 2.75) is 59.5 Å². The van der Waals surface area contributed by atoms with Crippen LogP contribution in [0, 0.1) is 5.92 Å². The van der Waals surface area contributed by atoms with Crippen molar-refractivity contribution in [1.29, 1.82) is 0 Å².